The molecule has 0 heterocycles. The topological polar surface area (TPSA) is 133 Å². The molecule has 0 saturated carbocycles. The van der Waals surface area contributed by atoms with Gasteiger partial charge in [-0.05, 0) is 24.6 Å². The van der Waals surface area contributed by atoms with E-state index < -0.39 is 30.9 Å². The molecule has 0 bridgehead atoms. The molecule has 0 fully saturated rings. The zero-order valence-corrected chi connectivity index (χ0v) is 15.3. The Morgan fingerprint density at radius 1 is 1.05 bits per heavy atom. The molecular weight excluding hydrogens is 456 g/mol. The Kier molecular flexibility index (Phi) is 5.80. The summed E-state index contributed by atoms with van der Waals surface area (Å²) in [5.74, 6) is 0. The van der Waals surface area contributed by atoms with Gasteiger partial charge in [0.25, 0.3) is 4.20 Å². The van der Waals surface area contributed by atoms with Gasteiger partial charge in [-0.15, -0.1) is 0 Å². The van der Waals surface area contributed by atoms with Gasteiger partial charge in [-0.2, -0.15) is 22.3 Å². The highest BCUT2D eigenvalue weighted by Gasteiger charge is 2.53. The van der Waals surface area contributed by atoms with Crippen molar-refractivity contribution in [1.82, 2.24) is 5.43 Å². The standard InChI is InChI=1S/C9H12Br2N2O6S2/c1-2-9(20(14,15)16,21(17,18)19)13-12-8-4-6(10)3-7(11)5-8/h3-5,12-13H,2H2,1H3,(H,14,15,16)(H,17,18,19). The molecule has 0 amide bonds. The second kappa shape index (κ2) is 6.48. The van der Waals surface area contributed by atoms with E-state index in [1.54, 1.807) is 6.07 Å². The maximum Gasteiger partial charge on any atom is 0.303 e. The van der Waals surface area contributed by atoms with Crippen LogP contribution in [0.1, 0.15) is 13.3 Å². The Bertz CT molecular complexity index is 682. The van der Waals surface area contributed by atoms with E-state index in [2.05, 4.69) is 37.3 Å². The summed E-state index contributed by atoms with van der Waals surface area (Å²) in [5, 5.41) is 0. The van der Waals surface area contributed by atoms with Gasteiger partial charge in [-0.1, -0.05) is 38.8 Å². The van der Waals surface area contributed by atoms with Crippen molar-refractivity contribution in [3.05, 3.63) is 27.1 Å². The minimum atomic E-state index is -5.16. The summed E-state index contributed by atoms with van der Waals surface area (Å²) in [6.07, 6.45) is -0.632. The second-order valence-corrected chi connectivity index (χ2v) is 9.35. The second-order valence-electron chi connectivity index (χ2n) is 3.96. The SMILES string of the molecule is CCC(NNc1cc(Br)cc(Br)c1)(S(=O)(=O)O)S(=O)(=O)O. The normalized spacial score (nSPS) is 13.2. The van der Waals surface area contributed by atoms with Gasteiger partial charge in [0.1, 0.15) is 0 Å². The lowest BCUT2D eigenvalue weighted by atomic mass is 10.3. The fraction of sp³-hybridized carbons (Fsp3) is 0.333. The van der Waals surface area contributed by atoms with Gasteiger partial charge in [0.15, 0.2) is 0 Å². The van der Waals surface area contributed by atoms with Crippen LogP contribution >= 0.6 is 31.9 Å². The summed E-state index contributed by atoms with van der Waals surface area (Å²) >= 11 is 6.39. The average Bonchev–Trinajstić information content (AvgIpc) is 2.24. The fourth-order valence-corrected chi connectivity index (χ4v) is 4.96. The van der Waals surface area contributed by atoms with Crippen molar-refractivity contribution in [2.45, 2.75) is 17.5 Å². The largest absolute Gasteiger partial charge is 0.319 e. The first kappa shape index (κ1) is 18.8. The van der Waals surface area contributed by atoms with Gasteiger partial charge in [-0.25, -0.2) is 0 Å². The third-order valence-electron chi connectivity index (χ3n) is 2.56. The molecule has 0 aromatic heterocycles. The lowest BCUT2D eigenvalue weighted by molar-refractivity contribution is 0.397. The molecule has 12 heteroatoms. The van der Waals surface area contributed by atoms with Crippen LogP contribution in [-0.4, -0.2) is 30.1 Å². The number of nitrogens with one attached hydrogen (secondary N) is 2. The van der Waals surface area contributed by atoms with Gasteiger partial charge in [0.2, 0.25) is 0 Å². The average molecular weight is 468 g/mol. The number of rotatable bonds is 6. The van der Waals surface area contributed by atoms with Crippen LogP contribution in [0, 0.1) is 0 Å². The van der Waals surface area contributed by atoms with Crippen molar-refractivity contribution in [3.63, 3.8) is 0 Å². The van der Waals surface area contributed by atoms with Gasteiger partial charge < -0.3 is 5.43 Å². The lowest BCUT2D eigenvalue weighted by Crippen LogP contribution is -2.58. The fourth-order valence-electron chi connectivity index (χ4n) is 1.51. The molecule has 21 heavy (non-hydrogen) atoms. The molecular formula is C9H12Br2N2O6S2. The van der Waals surface area contributed by atoms with E-state index in [9.17, 15) is 16.8 Å². The minimum Gasteiger partial charge on any atom is -0.319 e. The summed E-state index contributed by atoms with van der Waals surface area (Å²) in [6.45, 7) is 1.17. The summed E-state index contributed by atoms with van der Waals surface area (Å²) in [7, 11) is -10.3. The number of benzene rings is 1. The number of hydrogen-bond acceptors (Lipinski definition) is 6. The molecule has 1 aromatic carbocycles. The third kappa shape index (κ3) is 4.15. The number of hydrogen-bond donors (Lipinski definition) is 4. The smallest absolute Gasteiger partial charge is 0.303 e. The van der Waals surface area contributed by atoms with Crippen molar-refractivity contribution >= 4 is 57.8 Å². The van der Waals surface area contributed by atoms with Crippen molar-refractivity contribution in [2.24, 2.45) is 0 Å². The molecule has 0 spiro atoms. The number of halogens is 2. The molecule has 8 nitrogen and oxygen atoms in total. The quantitative estimate of drug-likeness (QED) is 0.368. The molecule has 0 saturated heterocycles. The van der Waals surface area contributed by atoms with Crippen LogP contribution in [0.3, 0.4) is 0 Å². The minimum absolute atomic E-state index is 0.293. The van der Waals surface area contributed by atoms with Crippen LogP contribution in [0.25, 0.3) is 0 Å². The summed E-state index contributed by atoms with van der Waals surface area (Å²) in [5.41, 5.74) is 4.60. The predicted octanol–water partition coefficient (Wildman–Crippen LogP) is 1.97. The maximum absolute atomic E-state index is 11.4. The Labute approximate surface area is 139 Å². The molecule has 0 unspecified atom stereocenters. The highest BCUT2D eigenvalue weighted by molar-refractivity contribution is 9.11. The lowest BCUT2D eigenvalue weighted by Gasteiger charge is -2.27. The Morgan fingerprint density at radius 2 is 1.48 bits per heavy atom. The van der Waals surface area contributed by atoms with Crippen LogP contribution in [0.5, 0.6) is 0 Å². The van der Waals surface area contributed by atoms with E-state index in [4.69, 9.17) is 9.11 Å². The van der Waals surface area contributed by atoms with E-state index in [1.165, 1.54) is 19.1 Å². The molecule has 1 aromatic rings. The third-order valence-corrected chi connectivity index (χ3v) is 7.19. The van der Waals surface area contributed by atoms with Crippen LogP contribution in [-0.2, 0) is 20.2 Å². The predicted molar refractivity (Wildman–Crippen MR) is 84.7 cm³/mol. The zero-order valence-electron chi connectivity index (χ0n) is 10.5. The van der Waals surface area contributed by atoms with E-state index in [0.717, 1.165) is 0 Å². The molecule has 0 radical (unpaired) electrons. The first-order valence-corrected chi connectivity index (χ1v) is 9.83. The monoisotopic (exact) mass is 466 g/mol. The highest BCUT2D eigenvalue weighted by atomic mass is 79.9. The Hall–Kier alpha value is -0.240. The van der Waals surface area contributed by atoms with Gasteiger partial charge in [-0.3, -0.25) is 9.11 Å². The van der Waals surface area contributed by atoms with Crippen molar-refractivity contribution in [2.75, 3.05) is 5.43 Å². The first-order chi connectivity index (χ1) is 9.43. The van der Waals surface area contributed by atoms with E-state index in [1.807, 2.05) is 5.43 Å². The van der Waals surface area contributed by atoms with E-state index in [0.29, 0.717) is 14.6 Å². The highest BCUT2D eigenvalue weighted by Crippen LogP contribution is 2.26. The number of anilines is 1. The summed E-state index contributed by atoms with van der Waals surface area (Å²) in [4.78, 5) is 0. The molecule has 1 rings (SSSR count). The van der Waals surface area contributed by atoms with Crippen LogP contribution in [0.15, 0.2) is 27.1 Å². The number of hydrazine groups is 1. The van der Waals surface area contributed by atoms with Crippen molar-refractivity contribution in [3.8, 4) is 0 Å². The molecule has 120 valence electrons. The van der Waals surface area contributed by atoms with Crippen LogP contribution in [0.2, 0.25) is 0 Å². The maximum atomic E-state index is 11.4. The molecule has 0 atom stereocenters. The van der Waals surface area contributed by atoms with Gasteiger partial charge in [0, 0.05) is 8.95 Å². The van der Waals surface area contributed by atoms with Crippen molar-refractivity contribution < 1.29 is 25.9 Å². The van der Waals surface area contributed by atoms with Gasteiger partial charge in [0.05, 0.1) is 5.69 Å². The first-order valence-electron chi connectivity index (χ1n) is 5.36. The van der Waals surface area contributed by atoms with Crippen LogP contribution < -0.4 is 10.9 Å². The van der Waals surface area contributed by atoms with Gasteiger partial charge >= 0.3 is 20.2 Å². The molecule has 0 aliphatic heterocycles. The van der Waals surface area contributed by atoms with Crippen molar-refractivity contribution in [1.29, 1.82) is 0 Å². The molecule has 0 aliphatic rings. The molecule has 4 N–H and O–H groups in total. The summed E-state index contributed by atoms with van der Waals surface area (Å²) in [6, 6.07) is 4.74. The Morgan fingerprint density at radius 3 is 1.81 bits per heavy atom. The van der Waals surface area contributed by atoms with E-state index >= 15 is 0 Å². The zero-order chi connectivity index (χ0) is 16.5. The van der Waals surface area contributed by atoms with Crippen LogP contribution in [0.4, 0.5) is 5.69 Å². The summed E-state index contributed by atoms with van der Waals surface area (Å²) < 4.78 is 62.1. The van der Waals surface area contributed by atoms with E-state index in [-0.39, 0.29) is 0 Å². The Balaban J connectivity index is 3.21. The molecule has 0 aliphatic carbocycles.